The Kier molecular flexibility index (Phi) is 4.58. The second-order valence-electron chi connectivity index (χ2n) is 4.72. The second-order valence-corrected chi connectivity index (χ2v) is 4.72. The SMILES string of the molecule is CCC(C)N(C)C1CCCCC1C(=O)O. The molecule has 0 aromatic carbocycles. The summed E-state index contributed by atoms with van der Waals surface area (Å²) in [5, 5.41) is 9.19. The van der Waals surface area contributed by atoms with Crippen LogP contribution in [0.25, 0.3) is 0 Å². The van der Waals surface area contributed by atoms with Crippen LogP contribution in [0.1, 0.15) is 46.0 Å². The maximum absolute atomic E-state index is 11.2. The number of rotatable bonds is 4. The van der Waals surface area contributed by atoms with E-state index in [0.717, 1.165) is 25.7 Å². The van der Waals surface area contributed by atoms with E-state index in [-0.39, 0.29) is 12.0 Å². The molecule has 1 rings (SSSR count). The molecule has 3 heteroatoms. The van der Waals surface area contributed by atoms with Gasteiger partial charge in [0.1, 0.15) is 0 Å². The number of nitrogens with zero attached hydrogens (tertiary/aromatic N) is 1. The summed E-state index contributed by atoms with van der Waals surface area (Å²) in [6.45, 7) is 4.33. The van der Waals surface area contributed by atoms with E-state index in [0.29, 0.717) is 6.04 Å². The Morgan fingerprint density at radius 2 is 2.07 bits per heavy atom. The van der Waals surface area contributed by atoms with E-state index >= 15 is 0 Å². The van der Waals surface area contributed by atoms with Gasteiger partial charge in [0.25, 0.3) is 0 Å². The zero-order valence-electron chi connectivity index (χ0n) is 10.1. The van der Waals surface area contributed by atoms with Gasteiger partial charge in [-0.25, -0.2) is 0 Å². The van der Waals surface area contributed by atoms with Crippen molar-refractivity contribution in [2.24, 2.45) is 5.92 Å². The molecule has 0 amide bonds. The number of aliphatic carboxylic acids is 1. The van der Waals surface area contributed by atoms with Crippen LogP contribution in [-0.4, -0.2) is 35.1 Å². The van der Waals surface area contributed by atoms with Gasteiger partial charge in [-0.05, 0) is 33.2 Å². The van der Waals surface area contributed by atoms with E-state index in [9.17, 15) is 9.90 Å². The van der Waals surface area contributed by atoms with Gasteiger partial charge in [0.2, 0.25) is 0 Å². The standard InChI is InChI=1S/C12H23NO2/c1-4-9(2)13(3)11-8-6-5-7-10(11)12(14)15/h9-11H,4-8H2,1-3H3,(H,14,15). The molecule has 3 nitrogen and oxygen atoms in total. The predicted octanol–water partition coefficient (Wildman–Crippen LogP) is 2.36. The van der Waals surface area contributed by atoms with Gasteiger partial charge in [-0.1, -0.05) is 19.8 Å². The van der Waals surface area contributed by atoms with Gasteiger partial charge < -0.3 is 5.11 Å². The first-order valence-electron chi connectivity index (χ1n) is 6.02. The third-order valence-electron chi connectivity index (χ3n) is 3.86. The molecule has 0 radical (unpaired) electrons. The van der Waals surface area contributed by atoms with Crippen molar-refractivity contribution in [2.45, 2.75) is 58.0 Å². The van der Waals surface area contributed by atoms with E-state index in [1.165, 1.54) is 6.42 Å². The monoisotopic (exact) mass is 213 g/mol. The number of carboxylic acid groups (broad SMARTS) is 1. The van der Waals surface area contributed by atoms with Crippen LogP contribution in [0, 0.1) is 5.92 Å². The molecule has 0 aromatic rings. The summed E-state index contributed by atoms with van der Waals surface area (Å²) in [6, 6.07) is 0.723. The number of hydrogen-bond donors (Lipinski definition) is 1. The molecule has 0 aromatic heterocycles. The minimum absolute atomic E-state index is 0.155. The van der Waals surface area contributed by atoms with E-state index in [1.807, 2.05) is 0 Å². The summed E-state index contributed by atoms with van der Waals surface area (Å²) < 4.78 is 0. The van der Waals surface area contributed by atoms with Gasteiger partial charge in [0.05, 0.1) is 5.92 Å². The van der Waals surface area contributed by atoms with Gasteiger partial charge in [0, 0.05) is 12.1 Å². The molecule has 1 N–H and O–H groups in total. The summed E-state index contributed by atoms with van der Waals surface area (Å²) in [7, 11) is 2.07. The molecule has 3 unspecified atom stereocenters. The molecule has 0 bridgehead atoms. The highest BCUT2D eigenvalue weighted by Gasteiger charge is 2.34. The molecule has 0 saturated heterocycles. The fraction of sp³-hybridized carbons (Fsp3) is 0.917. The van der Waals surface area contributed by atoms with Gasteiger partial charge in [-0.3, -0.25) is 9.69 Å². The molecule has 1 fully saturated rings. The van der Waals surface area contributed by atoms with Crippen LogP contribution in [0.5, 0.6) is 0 Å². The lowest BCUT2D eigenvalue weighted by Crippen LogP contribution is -2.47. The van der Waals surface area contributed by atoms with Crippen molar-refractivity contribution >= 4 is 5.97 Å². The normalized spacial score (nSPS) is 29.1. The lowest BCUT2D eigenvalue weighted by molar-refractivity contribution is -0.145. The Hall–Kier alpha value is -0.570. The summed E-state index contributed by atoms with van der Waals surface area (Å²) in [4.78, 5) is 13.4. The smallest absolute Gasteiger partial charge is 0.308 e. The molecule has 0 aliphatic heterocycles. The van der Waals surface area contributed by atoms with Crippen LogP contribution in [0.3, 0.4) is 0 Å². The van der Waals surface area contributed by atoms with E-state index in [1.54, 1.807) is 0 Å². The van der Waals surface area contributed by atoms with Crippen molar-refractivity contribution in [3.8, 4) is 0 Å². The van der Waals surface area contributed by atoms with Gasteiger partial charge in [-0.15, -0.1) is 0 Å². The lowest BCUT2D eigenvalue weighted by Gasteiger charge is -2.39. The van der Waals surface area contributed by atoms with E-state index in [4.69, 9.17) is 0 Å². The quantitative estimate of drug-likeness (QED) is 0.779. The Morgan fingerprint density at radius 1 is 1.47 bits per heavy atom. The zero-order chi connectivity index (χ0) is 11.4. The van der Waals surface area contributed by atoms with Crippen molar-refractivity contribution in [1.29, 1.82) is 0 Å². The number of carboxylic acids is 1. The molecule has 1 aliphatic rings. The van der Waals surface area contributed by atoms with Gasteiger partial charge in [0.15, 0.2) is 0 Å². The Bertz CT molecular complexity index is 218. The van der Waals surface area contributed by atoms with Gasteiger partial charge >= 0.3 is 5.97 Å². The molecular weight excluding hydrogens is 190 g/mol. The minimum atomic E-state index is -0.616. The minimum Gasteiger partial charge on any atom is -0.481 e. The average molecular weight is 213 g/mol. The summed E-state index contributed by atoms with van der Waals surface area (Å²) >= 11 is 0. The molecule has 88 valence electrons. The van der Waals surface area contributed by atoms with Crippen LogP contribution in [0.15, 0.2) is 0 Å². The fourth-order valence-corrected chi connectivity index (χ4v) is 2.50. The maximum Gasteiger partial charge on any atom is 0.308 e. The van der Waals surface area contributed by atoms with E-state index < -0.39 is 5.97 Å². The molecule has 0 heterocycles. The molecule has 0 spiro atoms. The third-order valence-corrected chi connectivity index (χ3v) is 3.86. The van der Waals surface area contributed by atoms with E-state index in [2.05, 4.69) is 25.8 Å². The summed E-state index contributed by atoms with van der Waals surface area (Å²) in [6.07, 6.45) is 5.22. The lowest BCUT2D eigenvalue weighted by atomic mass is 9.83. The first-order chi connectivity index (χ1) is 7.07. The summed E-state index contributed by atoms with van der Waals surface area (Å²) in [5.74, 6) is -0.771. The zero-order valence-corrected chi connectivity index (χ0v) is 10.1. The topological polar surface area (TPSA) is 40.5 Å². The number of hydrogen-bond acceptors (Lipinski definition) is 2. The Labute approximate surface area is 92.5 Å². The predicted molar refractivity (Wildman–Crippen MR) is 60.9 cm³/mol. The molecular formula is C12H23NO2. The number of carbonyl (C=O) groups is 1. The molecule has 1 saturated carbocycles. The molecule has 15 heavy (non-hydrogen) atoms. The second kappa shape index (κ2) is 5.50. The molecule has 1 aliphatic carbocycles. The first-order valence-corrected chi connectivity index (χ1v) is 6.02. The van der Waals surface area contributed by atoms with Crippen molar-refractivity contribution in [3.63, 3.8) is 0 Å². The average Bonchev–Trinajstić information content (AvgIpc) is 2.27. The maximum atomic E-state index is 11.2. The van der Waals surface area contributed by atoms with Crippen molar-refractivity contribution in [2.75, 3.05) is 7.05 Å². The third kappa shape index (κ3) is 2.94. The van der Waals surface area contributed by atoms with Crippen LogP contribution < -0.4 is 0 Å². The van der Waals surface area contributed by atoms with Crippen LogP contribution in [0.4, 0.5) is 0 Å². The molecule has 3 atom stereocenters. The first kappa shape index (κ1) is 12.5. The summed E-state index contributed by atoms with van der Waals surface area (Å²) in [5.41, 5.74) is 0. The van der Waals surface area contributed by atoms with Crippen molar-refractivity contribution in [3.05, 3.63) is 0 Å². The van der Waals surface area contributed by atoms with Crippen LogP contribution in [-0.2, 0) is 4.79 Å². The highest BCUT2D eigenvalue weighted by Crippen LogP contribution is 2.29. The Balaban J connectivity index is 2.67. The van der Waals surface area contributed by atoms with Crippen LogP contribution >= 0.6 is 0 Å². The van der Waals surface area contributed by atoms with Crippen molar-refractivity contribution in [1.82, 2.24) is 4.90 Å². The largest absolute Gasteiger partial charge is 0.481 e. The Morgan fingerprint density at radius 3 is 2.60 bits per heavy atom. The van der Waals surface area contributed by atoms with Crippen molar-refractivity contribution < 1.29 is 9.90 Å². The highest BCUT2D eigenvalue weighted by atomic mass is 16.4. The van der Waals surface area contributed by atoms with Gasteiger partial charge in [-0.2, -0.15) is 0 Å². The fourth-order valence-electron chi connectivity index (χ4n) is 2.50. The highest BCUT2D eigenvalue weighted by molar-refractivity contribution is 5.71. The van der Waals surface area contributed by atoms with Crippen LogP contribution in [0.2, 0.25) is 0 Å².